The Morgan fingerprint density at radius 1 is 1.10 bits per heavy atom. The standard InChI is InChI=1S/C16H10BrN3O/c1-9(21)20-14-7-6-10(17)8-11(14)15-16(20)19-13-5-3-2-4-12(13)18-15/h2-8H,1H3. The fourth-order valence-electron chi connectivity index (χ4n) is 2.65. The van der Waals surface area contributed by atoms with Gasteiger partial charge in [-0.2, -0.15) is 0 Å². The minimum absolute atomic E-state index is 0.0677. The molecule has 21 heavy (non-hydrogen) atoms. The molecule has 0 aliphatic rings. The van der Waals surface area contributed by atoms with E-state index in [9.17, 15) is 4.79 Å². The molecule has 2 aromatic carbocycles. The van der Waals surface area contributed by atoms with E-state index in [2.05, 4.69) is 20.9 Å². The number of aromatic nitrogens is 3. The van der Waals surface area contributed by atoms with Crippen LogP contribution in [0.2, 0.25) is 0 Å². The summed E-state index contributed by atoms with van der Waals surface area (Å²) < 4.78 is 2.57. The number of fused-ring (bicyclic) bond motifs is 4. The third-order valence-corrected chi connectivity index (χ3v) is 4.03. The maximum atomic E-state index is 12.0. The van der Waals surface area contributed by atoms with Crippen LogP contribution < -0.4 is 0 Å². The number of hydrogen-bond donors (Lipinski definition) is 0. The molecule has 4 aromatic rings. The fourth-order valence-corrected chi connectivity index (χ4v) is 3.01. The van der Waals surface area contributed by atoms with Crippen LogP contribution >= 0.6 is 15.9 Å². The third kappa shape index (κ3) is 1.77. The van der Waals surface area contributed by atoms with E-state index in [1.165, 1.54) is 6.92 Å². The first kappa shape index (κ1) is 12.5. The largest absolute Gasteiger partial charge is 0.274 e. The highest BCUT2D eigenvalue weighted by molar-refractivity contribution is 9.10. The number of nitrogens with zero attached hydrogens (tertiary/aromatic N) is 3. The quantitative estimate of drug-likeness (QED) is 0.483. The van der Waals surface area contributed by atoms with Gasteiger partial charge in [-0.25, -0.2) is 9.97 Å². The van der Waals surface area contributed by atoms with Crippen molar-refractivity contribution in [2.45, 2.75) is 6.92 Å². The number of rotatable bonds is 0. The van der Waals surface area contributed by atoms with Crippen molar-refractivity contribution in [1.29, 1.82) is 0 Å². The number of hydrogen-bond acceptors (Lipinski definition) is 3. The maximum absolute atomic E-state index is 12.0. The second-order valence-electron chi connectivity index (χ2n) is 4.90. The number of halogens is 1. The molecule has 0 spiro atoms. The van der Waals surface area contributed by atoms with Crippen molar-refractivity contribution in [2.75, 3.05) is 0 Å². The SMILES string of the molecule is CC(=O)n1c2ccc(Br)cc2c2nc3ccccc3nc21. The minimum atomic E-state index is -0.0677. The second kappa shape index (κ2) is 4.36. The summed E-state index contributed by atoms with van der Waals surface area (Å²) >= 11 is 3.47. The lowest BCUT2D eigenvalue weighted by molar-refractivity contribution is 0.0946. The Hall–Kier alpha value is -2.27. The summed E-state index contributed by atoms with van der Waals surface area (Å²) in [6, 6.07) is 13.5. The molecule has 0 unspecified atom stereocenters. The van der Waals surface area contributed by atoms with Crippen molar-refractivity contribution in [1.82, 2.24) is 14.5 Å². The maximum Gasteiger partial charge on any atom is 0.229 e. The van der Waals surface area contributed by atoms with Crippen LogP contribution in [0.4, 0.5) is 0 Å². The first-order chi connectivity index (χ1) is 10.1. The summed E-state index contributed by atoms with van der Waals surface area (Å²) in [5.41, 5.74) is 3.80. The summed E-state index contributed by atoms with van der Waals surface area (Å²) in [4.78, 5) is 21.4. The smallest absolute Gasteiger partial charge is 0.229 e. The zero-order valence-electron chi connectivity index (χ0n) is 11.2. The first-order valence-electron chi connectivity index (χ1n) is 6.52. The van der Waals surface area contributed by atoms with E-state index in [1.54, 1.807) is 4.57 Å². The predicted molar refractivity (Wildman–Crippen MR) is 86.5 cm³/mol. The normalized spacial score (nSPS) is 11.5. The second-order valence-corrected chi connectivity index (χ2v) is 5.82. The van der Waals surface area contributed by atoms with Gasteiger partial charge in [-0.3, -0.25) is 9.36 Å². The van der Waals surface area contributed by atoms with Crippen molar-refractivity contribution in [2.24, 2.45) is 0 Å². The first-order valence-corrected chi connectivity index (χ1v) is 7.32. The molecule has 5 heteroatoms. The average Bonchev–Trinajstić information content (AvgIpc) is 2.78. The van der Waals surface area contributed by atoms with Gasteiger partial charge in [0, 0.05) is 16.8 Å². The summed E-state index contributed by atoms with van der Waals surface area (Å²) in [7, 11) is 0. The molecule has 0 aliphatic heterocycles. The van der Waals surface area contributed by atoms with E-state index in [-0.39, 0.29) is 5.91 Å². The van der Waals surface area contributed by atoms with Crippen molar-refractivity contribution in [3.05, 3.63) is 46.9 Å². The Kier molecular flexibility index (Phi) is 2.59. The molecule has 0 saturated carbocycles. The molecule has 2 aromatic heterocycles. The van der Waals surface area contributed by atoms with E-state index >= 15 is 0 Å². The number of para-hydroxylation sites is 2. The van der Waals surface area contributed by atoms with Crippen LogP contribution in [0.3, 0.4) is 0 Å². The molecule has 0 N–H and O–H groups in total. The van der Waals surface area contributed by atoms with Gasteiger partial charge in [0.2, 0.25) is 5.91 Å². The van der Waals surface area contributed by atoms with Gasteiger partial charge in [0.25, 0.3) is 0 Å². The van der Waals surface area contributed by atoms with Crippen LogP contribution in [-0.2, 0) is 0 Å². The van der Waals surface area contributed by atoms with E-state index in [1.807, 2.05) is 42.5 Å². The average molecular weight is 340 g/mol. The Labute approximate surface area is 128 Å². The molecule has 0 saturated heterocycles. The molecule has 0 aliphatic carbocycles. The molecule has 0 bridgehead atoms. The molecule has 0 radical (unpaired) electrons. The number of carbonyl (C=O) groups excluding carboxylic acids is 1. The van der Waals surface area contributed by atoms with Crippen LogP contribution in [0.15, 0.2) is 46.9 Å². The van der Waals surface area contributed by atoms with Gasteiger partial charge in [0.05, 0.1) is 16.6 Å². The van der Waals surface area contributed by atoms with Crippen LogP contribution in [0.25, 0.3) is 33.1 Å². The van der Waals surface area contributed by atoms with Crippen molar-refractivity contribution >= 4 is 54.9 Å². The predicted octanol–water partition coefficient (Wildman–Crippen LogP) is 4.16. The van der Waals surface area contributed by atoms with Gasteiger partial charge in [-0.05, 0) is 30.3 Å². The zero-order chi connectivity index (χ0) is 14.6. The van der Waals surface area contributed by atoms with Gasteiger partial charge >= 0.3 is 0 Å². The fraction of sp³-hybridized carbons (Fsp3) is 0.0625. The molecular formula is C16H10BrN3O. The monoisotopic (exact) mass is 339 g/mol. The molecule has 2 heterocycles. The highest BCUT2D eigenvalue weighted by Gasteiger charge is 2.16. The molecule has 4 rings (SSSR count). The molecule has 0 atom stereocenters. The van der Waals surface area contributed by atoms with E-state index in [0.29, 0.717) is 5.65 Å². The van der Waals surface area contributed by atoms with Crippen molar-refractivity contribution < 1.29 is 4.79 Å². The molecular weight excluding hydrogens is 330 g/mol. The lowest BCUT2D eigenvalue weighted by Crippen LogP contribution is -2.06. The van der Waals surface area contributed by atoms with Crippen LogP contribution in [0.1, 0.15) is 11.7 Å². The van der Waals surface area contributed by atoms with Crippen molar-refractivity contribution in [3.63, 3.8) is 0 Å². The Morgan fingerprint density at radius 2 is 1.81 bits per heavy atom. The summed E-state index contributed by atoms with van der Waals surface area (Å²) in [5.74, 6) is -0.0677. The Bertz CT molecular complexity index is 1040. The van der Waals surface area contributed by atoms with Gasteiger partial charge < -0.3 is 0 Å². The van der Waals surface area contributed by atoms with Crippen LogP contribution in [0, 0.1) is 0 Å². The molecule has 0 fully saturated rings. The van der Waals surface area contributed by atoms with Crippen molar-refractivity contribution in [3.8, 4) is 0 Å². The van der Waals surface area contributed by atoms with E-state index < -0.39 is 0 Å². The number of carbonyl (C=O) groups is 1. The number of benzene rings is 2. The highest BCUT2D eigenvalue weighted by Crippen LogP contribution is 2.30. The molecule has 4 nitrogen and oxygen atoms in total. The molecule has 0 amide bonds. The highest BCUT2D eigenvalue weighted by atomic mass is 79.9. The van der Waals surface area contributed by atoms with E-state index in [0.717, 1.165) is 31.9 Å². The third-order valence-electron chi connectivity index (χ3n) is 3.53. The van der Waals surface area contributed by atoms with Crippen LogP contribution in [0.5, 0.6) is 0 Å². The lowest BCUT2D eigenvalue weighted by Gasteiger charge is -2.01. The van der Waals surface area contributed by atoms with E-state index in [4.69, 9.17) is 4.98 Å². The van der Waals surface area contributed by atoms with Gasteiger partial charge in [-0.15, -0.1) is 0 Å². The summed E-state index contributed by atoms with van der Waals surface area (Å²) in [6.07, 6.45) is 0. The topological polar surface area (TPSA) is 47.8 Å². The lowest BCUT2D eigenvalue weighted by atomic mass is 10.2. The van der Waals surface area contributed by atoms with Gasteiger partial charge in [0.1, 0.15) is 5.52 Å². The zero-order valence-corrected chi connectivity index (χ0v) is 12.8. The Balaban J connectivity index is 2.31. The minimum Gasteiger partial charge on any atom is -0.274 e. The summed E-state index contributed by atoms with van der Waals surface area (Å²) in [6.45, 7) is 1.54. The Morgan fingerprint density at radius 3 is 2.52 bits per heavy atom. The molecule has 102 valence electrons. The van der Waals surface area contributed by atoms with Crippen LogP contribution in [-0.4, -0.2) is 20.4 Å². The summed E-state index contributed by atoms with van der Waals surface area (Å²) in [5, 5.41) is 0.924. The van der Waals surface area contributed by atoms with Gasteiger partial charge in [-0.1, -0.05) is 28.1 Å². The van der Waals surface area contributed by atoms with Gasteiger partial charge in [0.15, 0.2) is 5.65 Å².